The zero-order valence-corrected chi connectivity index (χ0v) is 14.6. The lowest BCUT2D eigenvalue weighted by molar-refractivity contribution is -0.158. The number of aliphatic carboxylic acids is 1. The molecule has 0 aliphatic carbocycles. The molecule has 0 spiro atoms. The number of amides is 1. The molecular weight excluding hydrogens is 359 g/mol. The second-order valence-electron chi connectivity index (χ2n) is 6.29. The van der Waals surface area contributed by atoms with Crippen LogP contribution in [0, 0.1) is 5.92 Å². The molecule has 27 heavy (non-hydrogen) atoms. The molecule has 3 atom stereocenters. The van der Waals surface area contributed by atoms with Crippen molar-refractivity contribution in [3.63, 3.8) is 0 Å². The zero-order chi connectivity index (χ0) is 20.0. The summed E-state index contributed by atoms with van der Waals surface area (Å²) in [6.45, 7) is 1.40. The van der Waals surface area contributed by atoms with Gasteiger partial charge in [-0.2, -0.15) is 13.2 Å². The topological polar surface area (TPSA) is 66.4 Å². The Bertz CT molecular complexity index is 763. The summed E-state index contributed by atoms with van der Waals surface area (Å²) < 4.78 is 40.3. The molecule has 4 nitrogen and oxygen atoms in total. The first-order chi connectivity index (χ1) is 12.7. The van der Waals surface area contributed by atoms with Crippen LogP contribution in [-0.2, 0) is 9.59 Å². The number of nitrogens with one attached hydrogen (secondary N) is 1. The third kappa shape index (κ3) is 5.57. The van der Waals surface area contributed by atoms with E-state index in [2.05, 4.69) is 5.32 Å². The van der Waals surface area contributed by atoms with Crippen LogP contribution in [-0.4, -0.2) is 23.2 Å². The number of carboxylic acid groups (broad SMARTS) is 1. The summed E-state index contributed by atoms with van der Waals surface area (Å²) in [6.07, 6.45) is -5.41. The van der Waals surface area contributed by atoms with Gasteiger partial charge in [0.05, 0.1) is 17.9 Å². The van der Waals surface area contributed by atoms with Gasteiger partial charge in [-0.15, -0.1) is 0 Å². The molecule has 144 valence electrons. The van der Waals surface area contributed by atoms with E-state index in [0.717, 1.165) is 0 Å². The van der Waals surface area contributed by atoms with E-state index in [4.69, 9.17) is 0 Å². The average molecular weight is 379 g/mol. The van der Waals surface area contributed by atoms with Gasteiger partial charge in [0.1, 0.15) is 0 Å². The Labute approximate surface area is 155 Å². The number of benzene rings is 2. The van der Waals surface area contributed by atoms with E-state index in [-0.39, 0.29) is 5.56 Å². The number of hydrogen-bond donors (Lipinski definition) is 2. The van der Waals surface area contributed by atoms with Gasteiger partial charge in [-0.25, -0.2) is 0 Å². The minimum Gasteiger partial charge on any atom is -0.481 e. The zero-order valence-electron chi connectivity index (χ0n) is 14.6. The fraction of sp³-hybridized carbons (Fsp3) is 0.300. The van der Waals surface area contributed by atoms with Gasteiger partial charge in [0.2, 0.25) is 5.91 Å². The van der Waals surface area contributed by atoms with E-state index < -0.39 is 42.4 Å². The van der Waals surface area contributed by atoms with Crippen molar-refractivity contribution < 1.29 is 27.9 Å². The van der Waals surface area contributed by atoms with Crippen LogP contribution in [0.4, 0.5) is 13.2 Å². The van der Waals surface area contributed by atoms with E-state index in [9.17, 15) is 27.9 Å². The molecule has 3 unspecified atom stereocenters. The molecule has 2 rings (SSSR count). The maximum atomic E-state index is 13.4. The fourth-order valence-corrected chi connectivity index (χ4v) is 2.83. The van der Waals surface area contributed by atoms with Gasteiger partial charge < -0.3 is 10.4 Å². The number of carbonyl (C=O) groups excluding carboxylic acids is 1. The Morgan fingerprint density at radius 1 is 0.963 bits per heavy atom. The molecule has 0 saturated heterocycles. The first kappa shape index (κ1) is 20.5. The van der Waals surface area contributed by atoms with Gasteiger partial charge in [-0.1, -0.05) is 60.7 Å². The average Bonchev–Trinajstić information content (AvgIpc) is 2.64. The van der Waals surface area contributed by atoms with E-state index in [1.54, 1.807) is 36.4 Å². The Balaban J connectivity index is 2.22. The molecular formula is C20H20F3NO3. The van der Waals surface area contributed by atoms with Crippen LogP contribution in [0.2, 0.25) is 0 Å². The lowest BCUT2D eigenvalue weighted by Crippen LogP contribution is -2.37. The highest BCUT2D eigenvalue weighted by Crippen LogP contribution is 2.37. The summed E-state index contributed by atoms with van der Waals surface area (Å²) >= 11 is 0. The van der Waals surface area contributed by atoms with E-state index >= 15 is 0 Å². The predicted octanol–water partition coefficient (Wildman–Crippen LogP) is 4.30. The van der Waals surface area contributed by atoms with Crippen molar-refractivity contribution in [2.45, 2.75) is 31.5 Å². The third-order valence-corrected chi connectivity index (χ3v) is 4.35. The standard InChI is InChI=1S/C20H20F3NO3/c1-13(19(26)27)18(15-10-6-3-7-11-15)24-17(25)12-16(20(21,22)23)14-8-4-2-5-9-14/h2-11,13,16,18H,12H2,1H3,(H,24,25)(H,26,27). The van der Waals surface area contributed by atoms with Crippen molar-refractivity contribution >= 4 is 11.9 Å². The molecule has 7 heteroatoms. The Hall–Kier alpha value is -2.83. The highest BCUT2D eigenvalue weighted by atomic mass is 19.4. The first-order valence-electron chi connectivity index (χ1n) is 8.39. The third-order valence-electron chi connectivity index (χ3n) is 4.35. The van der Waals surface area contributed by atoms with Crippen LogP contribution in [0.25, 0.3) is 0 Å². The molecule has 0 aliphatic rings. The van der Waals surface area contributed by atoms with Crippen molar-refractivity contribution in [3.05, 3.63) is 71.8 Å². The van der Waals surface area contributed by atoms with E-state index in [0.29, 0.717) is 5.56 Å². The maximum Gasteiger partial charge on any atom is 0.396 e. The second kappa shape index (κ2) is 8.70. The summed E-state index contributed by atoms with van der Waals surface area (Å²) in [6, 6.07) is 14.6. The normalized spacial score (nSPS) is 14.8. The monoisotopic (exact) mass is 379 g/mol. The maximum absolute atomic E-state index is 13.4. The highest BCUT2D eigenvalue weighted by Gasteiger charge is 2.42. The van der Waals surface area contributed by atoms with Gasteiger partial charge in [-0.05, 0) is 18.1 Å². The molecule has 0 bridgehead atoms. The minimum atomic E-state index is -4.60. The molecule has 2 aromatic carbocycles. The number of carboxylic acids is 1. The summed E-state index contributed by atoms with van der Waals surface area (Å²) in [5.74, 6) is -4.98. The Morgan fingerprint density at radius 2 is 1.44 bits per heavy atom. The molecule has 0 aliphatic heterocycles. The number of hydrogen-bond acceptors (Lipinski definition) is 2. The van der Waals surface area contributed by atoms with Gasteiger partial charge >= 0.3 is 12.1 Å². The van der Waals surface area contributed by atoms with Crippen LogP contribution in [0.3, 0.4) is 0 Å². The summed E-state index contributed by atoms with van der Waals surface area (Å²) in [4.78, 5) is 23.7. The summed E-state index contributed by atoms with van der Waals surface area (Å²) in [5.41, 5.74) is 0.506. The number of rotatable bonds is 7. The van der Waals surface area contributed by atoms with Crippen molar-refractivity contribution in [2.24, 2.45) is 5.92 Å². The Morgan fingerprint density at radius 3 is 1.89 bits per heavy atom. The summed E-state index contributed by atoms with van der Waals surface area (Å²) in [5, 5.41) is 11.8. The van der Waals surface area contributed by atoms with Crippen LogP contribution in [0.5, 0.6) is 0 Å². The largest absolute Gasteiger partial charge is 0.481 e. The van der Waals surface area contributed by atoms with Gasteiger partial charge in [0, 0.05) is 6.42 Å². The van der Waals surface area contributed by atoms with Crippen LogP contribution < -0.4 is 5.32 Å². The van der Waals surface area contributed by atoms with Crippen molar-refractivity contribution in [1.29, 1.82) is 0 Å². The number of halogens is 3. The molecule has 0 aromatic heterocycles. The summed E-state index contributed by atoms with van der Waals surface area (Å²) in [7, 11) is 0. The minimum absolute atomic E-state index is 0.0114. The molecule has 2 N–H and O–H groups in total. The fourth-order valence-electron chi connectivity index (χ4n) is 2.83. The van der Waals surface area contributed by atoms with Crippen molar-refractivity contribution in [1.82, 2.24) is 5.32 Å². The number of carbonyl (C=O) groups is 2. The van der Waals surface area contributed by atoms with E-state index in [1.807, 2.05) is 0 Å². The van der Waals surface area contributed by atoms with Crippen molar-refractivity contribution in [2.75, 3.05) is 0 Å². The second-order valence-corrected chi connectivity index (χ2v) is 6.29. The van der Waals surface area contributed by atoms with Crippen LogP contribution >= 0.6 is 0 Å². The van der Waals surface area contributed by atoms with E-state index in [1.165, 1.54) is 31.2 Å². The lowest BCUT2D eigenvalue weighted by atomic mass is 9.92. The molecule has 1 amide bonds. The van der Waals surface area contributed by atoms with Gasteiger partial charge in [-0.3, -0.25) is 9.59 Å². The van der Waals surface area contributed by atoms with Crippen LogP contribution in [0.1, 0.15) is 36.4 Å². The first-order valence-corrected chi connectivity index (χ1v) is 8.39. The molecule has 0 fully saturated rings. The quantitative estimate of drug-likeness (QED) is 0.754. The SMILES string of the molecule is CC(C(=O)O)C(NC(=O)CC(c1ccccc1)C(F)(F)F)c1ccccc1. The molecule has 0 heterocycles. The predicted molar refractivity (Wildman–Crippen MR) is 94.0 cm³/mol. The molecule has 0 saturated carbocycles. The van der Waals surface area contributed by atoms with Crippen molar-refractivity contribution in [3.8, 4) is 0 Å². The highest BCUT2D eigenvalue weighted by molar-refractivity contribution is 5.79. The molecule has 2 aromatic rings. The van der Waals surface area contributed by atoms with Gasteiger partial charge in [0.15, 0.2) is 0 Å². The smallest absolute Gasteiger partial charge is 0.396 e. The van der Waals surface area contributed by atoms with Gasteiger partial charge in [0.25, 0.3) is 0 Å². The Kier molecular flexibility index (Phi) is 6.60. The molecule has 0 radical (unpaired) electrons. The van der Waals surface area contributed by atoms with Crippen LogP contribution in [0.15, 0.2) is 60.7 Å². The lowest BCUT2D eigenvalue weighted by Gasteiger charge is -2.25. The number of alkyl halides is 3.